The standard InChI is InChI=1S/C20H27N3O5S2/c1-12-10-13(2)15(4)19(14(12)3)30(27,28)23-16(5)20(24)22-11-17-6-8-18(9-7-17)29(21,25)26/h6-10,16,23H,11H2,1-5H3,(H,22,24)(H2,21,25,26)/t16-/m1/s1. The summed E-state index contributed by atoms with van der Waals surface area (Å²) in [5.74, 6) is -0.506. The summed E-state index contributed by atoms with van der Waals surface area (Å²) in [7, 11) is -7.70. The number of amides is 1. The molecule has 4 N–H and O–H groups in total. The molecule has 0 saturated heterocycles. The number of nitrogens with one attached hydrogen (secondary N) is 2. The van der Waals surface area contributed by atoms with Gasteiger partial charge in [-0.2, -0.15) is 4.72 Å². The SMILES string of the molecule is Cc1cc(C)c(C)c(S(=O)(=O)N[C@H](C)C(=O)NCc2ccc(S(N)(=O)=O)cc2)c1C. The highest BCUT2D eigenvalue weighted by molar-refractivity contribution is 7.89. The lowest BCUT2D eigenvalue weighted by Crippen LogP contribution is -2.44. The molecule has 0 bridgehead atoms. The second kappa shape index (κ2) is 8.84. The van der Waals surface area contributed by atoms with E-state index >= 15 is 0 Å². The van der Waals surface area contributed by atoms with Crippen molar-refractivity contribution in [3.63, 3.8) is 0 Å². The number of carbonyl (C=O) groups is 1. The van der Waals surface area contributed by atoms with E-state index in [9.17, 15) is 21.6 Å². The number of sulfonamides is 2. The molecule has 164 valence electrons. The molecule has 0 aromatic heterocycles. The van der Waals surface area contributed by atoms with Crippen LogP contribution in [0, 0.1) is 27.7 Å². The molecule has 1 amide bonds. The fraction of sp³-hybridized carbons (Fsp3) is 0.350. The molecule has 0 aliphatic heterocycles. The molecular formula is C20H27N3O5S2. The van der Waals surface area contributed by atoms with Gasteiger partial charge in [0.25, 0.3) is 0 Å². The first-order valence-corrected chi connectivity index (χ1v) is 12.3. The van der Waals surface area contributed by atoms with Gasteiger partial charge in [0.1, 0.15) is 0 Å². The minimum absolute atomic E-state index is 0.0297. The third kappa shape index (κ3) is 5.45. The number of aryl methyl sites for hydroxylation is 2. The monoisotopic (exact) mass is 453 g/mol. The Kier molecular flexibility index (Phi) is 7.08. The first-order chi connectivity index (χ1) is 13.7. The predicted octanol–water partition coefficient (Wildman–Crippen LogP) is 1.55. The highest BCUT2D eigenvalue weighted by Gasteiger charge is 2.26. The molecule has 0 radical (unpaired) electrons. The van der Waals surface area contributed by atoms with Crippen LogP contribution in [0.4, 0.5) is 0 Å². The fourth-order valence-electron chi connectivity index (χ4n) is 3.07. The summed E-state index contributed by atoms with van der Waals surface area (Å²) in [6, 6.07) is 6.66. The van der Waals surface area contributed by atoms with E-state index in [0.717, 1.165) is 11.1 Å². The van der Waals surface area contributed by atoms with E-state index in [1.807, 2.05) is 19.9 Å². The van der Waals surface area contributed by atoms with Gasteiger partial charge in [-0.15, -0.1) is 0 Å². The van der Waals surface area contributed by atoms with Crippen LogP contribution < -0.4 is 15.2 Å². The first kappa shape index (κ1) is 24.0. The summed E-state index contributed by atoms with van der Waals surface area (Å²) >= 11 is 0. The van der Waals surface area contributed by atoms with Crippen LogP contribution in [0.15, 0.2) is 40.1 Å². The van der Waals surface area contributed by atoms with Crippen molar-refractivity contribution in [2.24, 2.45) is 5.14 Å². The van der Waals surface area contributed by atoms with Crippen LogP contribution >= 0.6 is 0 Å². The topological polar surface area (TPSA) is 135 Å². The van der Waals surface area contributed by atoms with Gasteiger partial charge in [-0.25, -0.2) is 22.0 Å². The van der Waals surface area contributed by atoms with Crippen LogP contribution in [-0.4, -0.2) is 28.8 Å². The average molecular weight is 454 g/mol. The molecule has 0 saturated carbocycles. The van der Waals surface area contributed by atoms with E-state index in [-0.39, 0.29) is 16.3 Å². The zero-order valence-corrected chi connectivity index (χ0v) is 19.2. The highest BCUT2D eigenvalue weighted by Crippen LogP contribution is 2.26. The van der Waals surface area contributed by atoms with Crippen LogP contribution in [0.2, 0.25) is 0 Å². The van der Waals surface area contributed by atoms with Crippen LogP contribution in [0.25, 0.3) is 0 Å². The van der Waals surface area contributed by atoms with Crippen molar-refractivity contribution >= 4 is 26.0 Å². The number of nitrogens with two attached hydrogens (primary N) is 1. The van der Waals surface area contributed by atoms with Crippen molar-refractivity contribution in [3.05, 3.63) is 58.1 Å². The number of benzene rings is 2. The van der Waals surface area contributed by atoms with Gasteiger partial charge in [0.15, 0.2) is 0 Å². The van der Waals surface area contributed by atoms with Crippen molar-refractivity contribution < 1.29 is 21.6 Å². The summed E-state index contributed by atoms with van der Waals surface area (Å²) in [6.45, 7) is 8.75. The molecule has 0 spiro atoms. The summed E-state index contributed by atoms with van der Waals surface area (Å²) < 4.78 is 50.9. The number of hydrogen-bond donors (Lipinski definition) is 3. The molecule has 8 nitrogen and oxygen atoms in total. The number of rotatable bonds is 7. The second-order valence-electron chi connectivity index (χ2n) is 7.34. The summed E-state index contributed by atoms with van der Waals surface area (Å²) in [6.07, 6.45) is 0. The van der Waals surface area contributed by atoms with E-state index in [2.05, 4.69) is 10.0 Å². The van der Waals surface area contributed by atoms with Crippen molar-refractivity contribution in [1.82, 2.24) is 10.0 Å². The molecule has 0 heterocycles. The maximum atomic E-state index is 12.9. The van der Waals surface area contributed by atoms with Crippen molar-refractivity contribution in [2.45, 2.75) is 57.0 Å². The third-order valence-corrected chi connectivity index (χ3v) is 7.75. The Balaban J connectivity index is 2.10. The molecule has 10 heteroatoms. The molecule has 0 fully saturated rings. The minimum Gasteiger partial charge on any atom is -0.351 e. The van der Waals surface area contributed by atoms with Gasteiger partial charge in [0.2, 0.25) is 26.0 Å². The summed E-state index contributed by atoms with van der Waals surface area (Å²) in [5.41, 5.74) is 3.66. The van der Waals surface area contributed by atoms with Gasteiger partial charge in [-0.3, -0.25) is 4.79 Å². The number of primary sulfonamides is 1. The van der Waals surface area contributed by atoms with Gasteiger partial charge < -0.3 is 5.32 Å². The van der Waals surface area contributed by atoms with Crippen molar-refractivity contribution in [2.75, 3.05) is 0 Å². The van der Waals surface area contributed by atoms with E-state index in [1.54, 1.807) is 13.8 Å². The maximum Gasteiger partial charge on any atom is 0.241 e. The predicted molar refractivity (Wildman–Crippen MR) is 115 cm³/mol. The Labute approximate surface area is 178 Å². The normalized spacial score (nSPS) is 13.1. The molecule has 30 heavy (non-hydrogen) atoms. The first-order valence-electron chi connectivity index (χ1n) is 9.23. The van der Waals surface area contributed by atoms with Crippen molar-refractivity contribution in [3.8, 4) is 0 Å². The van der Waals surface area contributed by atoms with E-state index < -0.39 is 32.0 Å². The van der Waals surface area contributed by atoms with E-state index in [1.165, 1.54) is 31.2 Å². The molecule has 1 atom stereocenters. The molecule has 2 aromatic carbocycles. The molecular weight excluding hydrogens is 426 g/mol. The largest absolute Gasteiger partial charge is 0.351 e. The third-order valence-electron chi connectivity index (χ3n) is 5.01. The van der Waals surface area contributed by atoms with E-state index in [4.69, 9.17) is 5.14 Å². The smallest absolute Gasteiger partial charge is 0.241 e. The Morgan fingerprint density at radius 2 is 1.47 bits per heavy atom. The Morgan fingerprint density at radius 1 is 0.967 bits per heavy atom. The van der Waals surface area contributed by atoms with Crippen LogP contribution in [-0.2, 0) is 31.4 Å². The van der Waals surface area contributed by atoms with Gasteiger partial charge in [0.05, 0.1) is 15.8 Å². The van der Waals surface area contributed by atoms with Crippen LogP contribution in [0.1, 0.15) is 34.7 Å². The molecule has 0 aliphatic rings. The Morgan fingerprint density at radius 3 is 1.93 bits per heavy atom. The quantitative estimate of drug-likeness (QED) is 0.584. The maximum absolute atomic E-state index is 12.9. The van der Waals surface area contributed by atoms with Gasteiger partial charge in [-0.1, -0.05) is 18.2 Å². The molecule has 2 rings (SSSR count). The summed E-state index contributed by atoms with van der Waals surface area (Å²) in [4.78, 5) is 12.6. The highest BCUT2D eigenvalue weighted by atomic mass is 32.2. The molecule has 0 aliphatic carbocycles. The van der Waals surface area contributed by atoms with Crippen molar-refractivity contribution in [1.29, 1.82) is 0 Å². The van der Waals surface area contributed by atoms with Crippen LogP contribution in [0.5, 0.6) is 0 Å². The van der Waals surface area contributed by atoms with E-state index in [0.29, 0.717) is 16.7 Å². The minimum atomic E-state index is -3.91. The summed E-state index contributed by atoms with van der Waals surface area (Å²) in [5, 5.41) is 7.69. The number of hydrogen-bond acceptors (Lipinski definition) is 5. The molecule has 0 unspecified atom stereocenters. The number of carbonyl (C=O) groups excluding carboxylic acids is 1. The fourth-order valence-corrected chi connectivity index (χ4v) is 5.40. The Bertz CT molecular complexity index is 1150. The van der Waals surface area contributed by atoms with Gasteiger partial charge in [0, 0.05) is 6.54 Å². The molecule has 2 aromatic rings. The zero-order valence-electron chi connectivity index (χ0n) is 17.6. The van der Waals surface area contributed by atoms with Crippen LogP contribution in [0.3, 0.4) is 0 Å². The average Bonchev–Trinajstić information content (AvgIpc) is 2.63. The lowest BCUT2D eigenvalue weighted by Gasteiger charge is -2.19. The van der Waals surface area contributed by atoms with Gasteiger partial charge >= 0.3 is 0 Å². The second-order valence-corrected chi connectivity index (χ2v) is 10.6. The lowest BCUT2D eigenvalue weighted by atomic mass is 10.0. The zero-order chi connectivity index (χ0) is 22.9. The van der Waals surface area contributed by atoms with Gasteiger partial charge in [-0.05, 0) is 74.6 Å². The lowest BCUT2D eigenvalue weighted by molar-refractivity contribution is -0.122. The Hall–Kier alpha value is -2.27.